The van der Waals surface area contributed by atoms with Gasteiger partial charge < -0.3 is 15.4 Å². The van der Waals surface area contributed by atoms with E-state index in [0.29, 0.717) is 27.0 Å². The van der Waals surface area contributed by atoms with Crippen molar-refractivity contribution >= 4 is 46.7 Å². The van der Waals surface area contributed by atoms with E-state index in [1.165, 1.54) is 13.2 Å². The molecule has 0 saturated carbocycles. The number of nitrogens with zero attached hydrogens (tertiary/aromatic N) is 1. The quantitative estimate of drug-likeness (QED) is 0.723. The molecule has 1 aliphatic heterocycles. The van der Waals surface area contributed by atoms with Gasteiger partial charge in [0.25, 0.3) is 5.91 Å². The van der Waals surface area contributed by atoms with E-state index in [2.05, 4.69) is 10.6 Å². The van der Waals surface area contributed by atoms with Gasteiger partial charge in [-0.25, -0.2) is 4.79 Å². The first-order valence-corrected chi connectivity index (χ1v) is 9.04. The van der Waals surface area contributed by atoms with Gasteiger partial charge >= 0.3 is 6.03 Å². The van der Waals surface area contributed by atoms with Crippen LogP contribution in [0.25, 0.3) is 0 Å². The lowest BCUT2D eigenvalue weighted by Gasteiger charge is -2.22. The Hall–Kier alpha value is -2.77. The maximum atomic E-state index is 12.8. The van der Waals surface area contributed by atoms with Gasteiger partial charge in [0, 0.05) is 10.7 Å². The zero-order valence-electron chi connectivity index (χ0n) is 15.1. The molecule has 7 nitrogen and oxygen atoms in total. The molecule has 2 N–H and O–H groups in total. The summed E-state index contributed by atoms with van der Waals surface area (Å²) < 4.78 is 5.05. The Kier molecular flexibility index (Phi) is 5.49. The van der Waals surface area contributed by atoms with Gasteiger partial charge in [-0.1, -0.05) is 35.3 Å². The third kappa shape index (κ3) is 3.76. The number of nitrogens with one attached hydrogen (secondary N) is 2. The standard InChI is InChI=1S/C19H17Cl2N3O4/c1-19(11-3-5-12(20)6-4-11)17(26)24(18(27)23-19)10-16(25)22-13-7-8-15(28-2)14(21)9-13/h3-9H,10H2,1-2H3,(H,22,25)(H,23,27)/t19-/m0/s1. The summed E-state index contributed by atoms with van der Waals surface area (Å²) in [6, 6.07) is 10.6. The van der Waals surface area contributed by atoms with Crippen LogP contribution in [0.3, 0.4) is 0 Å². The average molecular weight is 422 g/mol. The fraction of sp³-hybridized carbons (Fsp3) is 0.211. The van der Waals surface area contributed by atoms with Crippen molar-refractivity contribution < 1.29 is 19.1 Å². The summed E-state index contributed by atoms with van der Waals surface area (Å²) in [5.41, 5.74) is -0.283. The molecule has 0 spiro atoms. The topological polar surface area (TPSA) is 87.7 Å². The highest BCUT2D eigenvalue weighted by Crippen LogP contribution is 2.30. The lowest BCUT2D eigenvalue weighted by Crippen LogP contribution is -2.42. The van der Waals surface area contributed by atoms with E-state index in [4.69, 9.17) is 27.9 Å². The molecule has 28 heavy (non-hydrogen) atoms. The number of carbonyl (C=O) groups is 3. The number of benzene rings is 2. The van der Waals surface area contributed by atoms with E-state index in [1.807, 2.05) is 0 Å². The van der Waals surface area contributed by atoms with Gasteiger partial charge in [0.05, 0.1) is 12.1 Å². The van der Waals surface area contributed by atoms with Crippen LogP contribution in [-0.4, -0.2) is 36.4 Å². The van der Waals surface area contributed by atoms with Gasteiger partial charge in [-0.05, 0) is 42.8 Å². The van der Waals surface area contributed by atoms with Crippen molar-refractivity contribution in [1.29, 1.82) is 0 Å². The van der Waals surface area contributed by atoms with Crippen LogP contribution in [0.1, 0.15) is 12.5 Å². The highest BCUT2D eigenvalue weighted by molar-refractivity contribution is 6.32. The second kappa shape index (κ2) is 7.69. The third-order valence-corrected chi connectivity index (χ3v) is 4.98. The van der Waals surface area contributed by atoms with Crippen LogP contribution in [0, 0.1) is 0 Å². The molecule has 0 radical (unpaired) electrons. The molecule has 1 atom stereocenters. The fourth-order valence-corrected chi connectivity index (χ4v) is 3.29. The van der Waals surface area contributed by atoms with Crippen LogP contribution in [-0.2, 0) is 15.1 Å². The maximum Gasteiger partial charge on any atom is 0.325 e. The summed E-state index contributed by atoms with van der Waals surface area (Å²) in [7, 11) is 1.48. The molecule has 4 amide bonds. The van der Waals surface area contributed by atoms with Crippen molar-refractivity contribution in [2.75, 3.05) is 19.0 Å². The Morgan fingerprint density at radius 1 is 1.18 bits per heavy atom. The number of carbonyl (C=O) groups excluding carboxylic acids is 3. The number of methoxy groups -OCH3 is 1. The molecule has 0 bridgehead atoms. The van der Waals surface area contributed by atoms with Gasteiger partial charge in [0.2, 0.25) is 5.91 Å². The molecule has 1 aliphatic rings. The van der Waals surface area contributed by atoms with Crippen LogP contribution in [0.5, 0.6) is 5.75 Å². The van der Waals surface area contributed by atoms with Gasteiger partial charge in [-0.3, -0.25) is 14.5 Å². The number of ether oxygens (including phenoxy) is 1. The molecular formula is C19H17Cl2N3O4. The second-order valence-corrected chi connectivity index (χ2v) is 7.19. The number of hydrogen-bond donors (Lipinski definition) is 2. The Bertz CT molecular complexity index is 949. The van der Waals surface area contributed by atoms with Gasteiger partial charge in [0.15, 0.2) is 0 Å². The SMILES string of the molecule is COc1ccc(NC(=O)CN2C(=O)N[C@@](C)(c3ccc(Cl)cc3)C2=O)cc1Cl. The molecule has 0 unspecified atom stereocenters. The predicted octanol–water partition coefficient (Wildman–Crippen LogP) is 3.41. The monoisotopic (exact) mass is 421 g/mol. The summed E-state index contributed by atoms with van der Waals surface area (Å²) in [5.74, 6) is -0.597. The molecule has 146 valence electrons. The molecule has 9 heteroatoms. The van der Waals surface area contributed by atoms with Gasteiger partial charge in [0.1, 0.15) is 17.8 Å². The van der Waals surface area contributed by atoms with Gasteiger partial charge in [-0.2, -0.15) is 0 Å². The molecule has 2 aromatic carbocycles. The zero-order valence-corrected chi connectivity index (χ0v) is 16.6. The van der Waals surface area contributed by atoms with E-state index in [9.17, 15) is 14.4 Å². The Morgan fingerprint density at radius 3 is 2.46 bits per heavy atom. The van der Waals surface area contributed by atoms with Crippen molar-refractivity contribution in [2.24, 2.45) is 0 Å². The Morgan fingerprint density at radius 2 is 1.86 bits per heavy atom. The highest BCUT2D eigenvalue weighted by Gasteiger charge is 2.49. The Labute approximate surface area is 171 Å². The van der Waals surface area contributed by atoms with Crippen LogP contribution < -0.4 is 15.4 Å². The first-order chi connectivity index (χ1) is 13.2. The van der Waals surface area contributed by atoms with Crippen molar-refractivity contribution in [3.63, 3.8) is 0 Å². The number of urea groups is 1. The van der Waals surface area contributed by atoms with Crippen LogP contribution in [0.2, 0.25) is 10.0 Å². The normalized spacial score (nSPS) is 18.8. The maximum absolute atomic E-state index is 12.8. The zero-order chi connectivity index (χ0) is 20.5. The van der Waals surface area contributed by atoms with Crippen molar-refractivity contribution in [3.8, 4) is 5.75 Å². The smallest absolute Gasteiger partial charge is 0.325 e. The minimum atomic E-state index is -1.27. The third-order valence-electron chi connectivity index (χ3n) is 4.43. The van der Waals surface area contributed by atoms with E-state index in [-0.39, 0.29) is 0 Å². The second-order valence-electron chi connectivity index (χ2n) is 6.35. The van der Waals surface area contributed by atoms with Crippen molar-refractivity contribution in [2.45, 2.75) is 12.5 Å². The van der Waals surface area contributed by atoms with Crippen LogP contribution in [0.4, 0.5) is 10.5 Å². The predicted molar refractivity (Wildman–Crippen MR) is 106 cm³/mol. The summed E-state index contributed by atoms with van der Waals surface area (Å²) in [6.07, 6.45) is 0. The molecule has 2 aromatic rings. The van der Waals surface area contributed by atoms with E-state index in [0.717, 1.165) is 4.90 Å². The van der Waals surface area contributed by atoms with Crippen LogP contribution >= 0.6 is 23.2 Å². The highest BCUT2D eigenvalue weighted by atomic mass is 35.5. The largest absolute Gasteiger partial charge is 0.495 e. The van der Waals surface area contributed by atoms with Gasteiger partial charge in [-0.15, -0.1) is 0 Å². The molecular weight excluding hydrogens is 405 g/mol. The molecule has 0 aliphatic carbocycles. The van der Waals surface area contributed by atoms with Crippen molar-refractivity contribution in [3.05, 3.63) is 58.1 Å². The molecule has 0 aromatic heterocycles. The molecule has 1 saturated heterocycles. The molecule has 3 rings (SSSR count). The fourth-order valence-electron chi connectivity index (χ4n) is 2.91. The number of hydrogen-bond acceptors (Lipinski definition) is 4. The number of amides is 4. The lowest BCUT2D eigenvalue weighted by molar-refractivity contribution is -0.133. The minimum Gasteiger partial charge on any atom is -0.495 e. The molecule has 1 heterocycles. The van der Waals surface area contributed by atoms with Crippen molar-refractivity contribution in [1.82, 2.24) is 10.2 Å². The summed E-state index contributed by atoms with van der Waals surface area (Å²) in [4.78, 5) is 38.4. The number of anilines is 1. The first kappa shape index (κ1) is 20.0. The number of imide groups is 1. The average Bonchev–Trinajstić information content (AvgIpc) is 2.86. The lowest BCUT2D eigenvalue weighted by atomic mass is 9.92. The number of halogens is 2. The van der Waals surface area contributed by atoms with E-state index < -0.39 is 29.9 Å². The first-order valence-electron chi connectivity index (χ1n) is 8.28. The summed E-state index contributed by atoms with van der Waals surface area (Å²) in [5, 5.41) is 6.08. The minimum absolute atomic E-state index is 0.325. The Balaban J connectivity index is 1.72. The van der Waals surface area contributed by atoms with E-state index in [1.54, 1.807) is 43.3 Å². The molecule has 1 fully saturated rings. The number of rotatable bonds is 5. The summed E-state index contributed by atoms with van der Waals surface area (Å²) in [6.45, 7) is 1.15. The summed E-state index contributed by atoms with van der Waals surface area (Å²) >= 11 is 11.9. The van der Waals surface area contributed by atoms with Crippen LogP contribution in [0.15, 0.2) is 42.5 Å². The van der Waals surface area contributed by atoms with E-state index >= 15 is 0 Å².